The van der Waals surface area contributed by atoms with Gasteiger partial charge in [0.15, 0.2) is 0 Å². The first-order valence-electron chi connectivity index (χ1n) is 6.58. The number of carbonyl (C=O) groups is 2. The van der Waals surface area contributed by atoms with Gasteiger partial charge in [0, 0.05) is 25.6 Å². The van der Waals surface area contributed by atoms with Crippen molar-refractivity contribution in [3.8, 4) is 0 Å². The predicted molar refractivity (Wildman–Crippen MR) is 75.7 cm³/mol. The lowest BCUT2D eigenvalue weighted by Crippen LogP contribution is -2.40. The summed E-state index contributed by atoms with van der Waals surface area (Å²) in [4.78, 5) is 22.5. The van der Waals surface area contributed by atoms with Gasteiger partial charge in [0.25, 0.3) is 5.91 Å². The average Bonchev–Trinajstić information content (AvgIpc) is 2.99. The number of benzene rings is 1. The maximum absolute atomic E-state index is 12.3. The largest absolute Gasteiger partial charge is 0.274 e. The highest BCUT2D eigenvalue weighted by molar-refractivity contribution is 7.89. The van der Waals surface area contributed by atoms with Crippen LogP contribution < -0.4 is 10.9 Å². The molecule has 1 aliphatic heterocycles. The van der Waals surface area contributed by atoms with Crippen LogP contribution >= 0.6 is 0 Å². The molecule has 0 aromatic heterocycles. The molecular formula is C13H17N3O4S. The summed E-state index contributed by atoms with van der Waals surface area (Å²) >= 11 is 0. The summed E-state index contributed by atoms with van der Waals surface area (Å²) in [6.07, 6.45) is 1.74. The molecule has 0 spiro atoms. The Morgan fingerprint density at radius 3 is 2.14 bits per heavy atom. The highest BCUT2D eigenvalue weighted by Gasteiger charge is 2.27. The molecule has 0 aliphatic carbocycles. The zero-order valence-electron chi connectivity index (χ0n) is 11.6. The van der Waals surface area contributed by atoms with Gasteiger partial charge in [0.1, 0.15) is 0 Å². The Bertz CT molecular complexity index is 634. The first-order chi connectivity index (χ1) is 9.91. The average molecular weight is 311 g/mol. The maximum atomic E-state index is 12.3. The highest BCUT2D eigenvalue weighted by Crippen LogP contribution is 2.20. The fraction of sp³-hybridized carbons (Fsp3) is 0.385. The van der Waals surface area contributed by atoms with Crippen molar-refractivity contribution in [2.45, 2.75) is 24.7 Å². The molecule has 0 unspecified atom stereocenters. The number of nitrogens with one attached hydrogen (secondary N) is 2. The summed E-state index contributed by atoms with van der Waals surface area (Å²) in [6, 6.07) is 5.63. The molecule has 2 rings (SSSR count). The molecule has 7 nitrogen and oxygen atoms in total. The maximum Gasteiger partial charge on any atom is 0.269 e. The first-order valence-corrected chi connectivity index (χ1v) is 8.02. The standard InChI is InChI=1S/C13H17N3O4S/c1-10(17)14-15-13(18)11-4-6-12(7-5-11)21(19,20)16-8-2-3-9-16/h4-7H,2-3,8-9H2,1H3,(H,14,17)(H,15,18). The molecule has 114 valence electrons. The zero-order chi connectivity index (χ0) is 15.5. The van der Waals surface area contributed by atoms with Crippen LogP contribution in [-0.4, -0.2) is 37.6 Å². The smallest absolute Gasteiger partial charge is 0.269 e. The van der Waals surface area contributed by atoms with E-state index in [4.69, 9.17) is 0 Å². The number of hydrogen-bond acceptors (Lipinski definition) is 4. The molecule has 1 fully saturated rings. The van der Waals surface area contributed by atoms with E-state index in [9.17, 15) is 18.0 Å². The van der Waals surface area contributed by atoms with Gasteiger partial charge in [-0.05, 0) is 37.1 Å². The van der Waals surface area contributed by atoms with Crippen LogP contribution in [0.1, 0.15) is 30.1 Å². The topological polar surface area (TPSA) is 95.6 Å². The molecule has 1 aromatic carbocycles. The number of carbonyl (C=O) groups excluding carboxylic acids is 2. The molecule has 0 saturated carbocycles. The van der Waals surface area contributed by atoms with Crippen molar-refractivity contribution in [3.63, 3.8) is 0 Å². The van der Waals surface area contributed by atoms with Crippen molar-refractivity contribution in [2.75, 3.05) is 13.1 Å². The fourth-order valence-electron chi connectivity index (χ4n) is 2.07. The van der Waals surface area contributed by atoms with Crippen LogP contribution in [0.4, 0.5) is 0 Å². The zero-order valence-corrected chi connectivity index (χ0v) is 12.4. The van der Waals surface area contributed by atoms with E-state index in [1.54, 1.807) is 0 Å². The van der Waals surface area contributed by atoms with Crippen LogP contribution in [0.3, 0.4) is 0 Å². The van der Waals surface area contributed by atoms with E-state index in [-0.39, 0.29) is 10.5 Å². The van der Waals surface area contributed by atoms with E-state index in [2.05, 4.69) is 10.9 Å². The molecule has 21 heavy (non-hydrogen) atoms. The Hall–Kier alpha value is -1.93. The highest BCUT2D eigenvalue weighted by atomic mass is 32.2. The minimum absolute atomic E-state index is 0.167. The van der Waals surface area contributed by atoms with E-state index >= 15 is 0 Å². The van der Waals surface area contributed by atoms with Gasteiger partial charge in [-0.1, -0.05) is 0 Å². The number of nitrogens with zero attached hydrogens (tertiary/aromatic N) is 1. The third-order valence-electron chi connectivity index (χ3n) is 3.17. The lowest BCUT2D eigenvalue weighted by atomic mass is 10.2. The Morgan fingerprint density at radius 1 is 1.05 bits per heavy atom. The molecule has 0 bridgehead atoms. The SMILES string of the molecule is CC(=O)NNC(=O)c1ccc(S(=O)(=O)N2CCCC2)cc1. The summed E-state index contributed by atoms with van der Waals surface area (Å²) in [7, 11) is -3.47. The summed E-state index contributed by atoms with van der Waals surface area (Å²) in [6.45, 7) is 2.34. The van der Waals surface area contributed by atoms with Gasteiger partial charge in [-0.15, -0.1) is 0 Å². The molecule has 2 N–H and O–H groups in total. The number of sulfonamides is 1. The molecule has 0 atom stereocenters. The van der Waals surface area contributed by atoms with E-state index in [1.807, 2.05) is 0 Å². The van der Waals surface area contributed by atoms with Crippen molar-refractivity contribution in [3.05, 3.63) is 29.8 Å². The van der Waals surface area contributed by atoms with Gasteiger partial charge in [-0.2, -0.15) is 4.31 Å². The predicted octanol–water partition coefficient (Wildman–Crippen LogP) is 0.252. The molecular weight excluding hydrogens is 294 g/mol. The molecule has 8 heteroatoms. The lowest BCUT2D eigenvalue weighted by molar-refractivity contribution is -0.119. The Balaban J connectivity index is 2.11. The second-order valence-electron chi connectivity index (χ2n) is 4.77. The Morgan fingerprint density at radius 2 is 1.62 bits per heavy atom. The summed E-state index contributed by atoms with van der Waals surface area (Å²) in [5.41, 5.74) is 4.65. The minimum atomic E-state index is -3.47. The van der Waals surface area contributed by atoms with E-state index in [0.29, 0.717) is 13.1 Å². The summed E-state index contributed by atoms with van der Waals surface area (Å²) in [5.74, 6) is -0.896. The fourth-order valence-corrected chi connectivity index (χ4v) is 3.59. The van der Waals surface area contributed by atoms with Crippen molar-refractivity contribution < 1.29 is 18.0 Å². The first kappa shape index (κ1) is 15.5. The third kappa shape index (κ3) is 3.59. The van der Waals surface area contributed by atoms with Gasteiger partial charge < -0.3 is 0 Å². The van der Waals surface area contributed by atoms with Crippen LogP contribution in [0.2, 0.25) is 0 Å². The van der Waals surface area contributed by atoms with Crippen LogP contribution in [0.5, 0.6) is 0 Å². The van der Waals surface area contributed by atoms with Gasteiger partial charge in [0.05, 0.1) is 4.90 Å². The number of amides is 2. The number of hydrazine groups is 1. The quantitative estimate of drug-likeness (QED) is 0.782. The van der Waals surface area contributed by atoms with Crippen LogP contribution in [-0.2, 0) is 14.8 Å². The monoisotopic (exact) mass is 311 g/mol. The second kappa shape index (κ2) is 6.23. The van der Waals surface area contributed by atoms with Crippen molar-refractivity contribution >= 4 is 21.8 Å². The molecule has 0 radical (unpaired) electrons. The summed E-state index contributed by atoms with van der Waals surface area (Å²) < 4.78 is 26.0. The molecule has 1 saturated heterocycles. The van der Waals surface area contributed by atoms with Crippen molar-refractivity contribution in [1.82, 2.24) is 15.2 Å². The Labute approximate surface area is 123 Å². The number of hydrogen-bond donors (Lipinski definition) is 2. The Kier molecular flexibility index (Phi) is 4.59. The molecule has 1 aromatic rings. The lowest BCUT2D eigenvalue weighted by Gasteiger charge is -2.15. The molecule has 1 aliphatic rings. The molecule has 1 heterocycles. The third-order valence-corrected chi connectivity index (χ3v) is 5.08. The van der Waals surface area contributed by atoms with E-state index in [1.165, 1.54) is 35.5 Å². The summed E-state index contributed by atoms with van der Waals surface area (Å²) in [5, 5.41) is 0. The van der Waals surface area contributed by atoms with Gasteiger partial charge in [-0.3, -0.25) is 20.4 Å². The van der Waals surface area contributed by atoms with Gasteiger partial charge in [0.2, 0.25) is 15.9 Å². The minimum Gasteiger partial charge on any atom is -0.274 e. The van der Waals surface area contributed by atoms with E-state index in [0.717, 1.165) is 12.8 Å². The van der Waals surface area contributed by atoms with Crippen molar-refractivity contribution in [1.29, 1.82) is 0 Å². The molecule has 2 amide bonds. The normalized spacial score (nSPS) is 15.7. The van der Waals surface area contributed by atoms with Crippen LogP contribution in [0, 0.1) is 0 Å². The van der Waals surface area contributed by atoms with E-state index < -0.39 is 21.8 Å². The van der Waals surface area contributed by atoms with Crippen molar-refractivity contribution in [2.24, 2.45) is 0 Å². The van der Waals surface area contributed by atoms with Crippen LogP contribution in [0.25, 0.3) is 0 Å². The van der Waals surface area contributed by atoms with Gasteiger partial charge >= 0.3 is 0 Å². The second-order valence-corrected chi connectivity index (χ2v) is 6.71. The number of rotatable bonds is 3. The van der Waals surface area contributed by atoms with Gasteiger partial charge in [-0.25, -0.2) is 8.42 Å². The van der Waals surface area contributed by atoms with Crippen LogP contribution in [0.15, 0.2) is 29.2 Å².